The van der Waals surface area contributed by atoms with Crippen molar-refractivity contribution in [1.82, 2.24) is 0 Å². The zero-order valence-electron chi connectivity index (χ0n) is 8.35. The summed E-state index contributed by atoms with van der Waals surface area (Å²) in [5.74, 6) is -0.280. The van der Waals surface area contributed by atoms with Crippen molar-refractivity contribution >= 4 is 12.0 Å². The van der Waals surface area contributed by atoms with Crippen LogP contribution >= 0.6 is 0 Å². The second-order valence-corrected chi connectivity index (χ2v) is 3.52. The maximum Gasteiger partial charge on any atom is 0.334 e. The van der Waals surface area contributed by atoms with Crippen LogP contribution in [0.3, 0.4) is 0 Å². The Morgan fingerprint density at radius 3 is 2.67 bits per heavy atom. The molecule has 0 N–H and O–H groups in total. The van der Waals surface area contributed by atoms with Crippen LogP contribution in [0.4, 0.5) is 0 Å². The maximum absolute atomic E-state index is 11.0. The Balaban J connectivity index is 2.02. The third kappa shape index (κ3) is 2.34. The lowest BCUT2D eigenvalue weighted by molar-refractivity contribution is -0.137. The summed E-state index contributed by atoms with van der Waals surface area (Å²) in [5.41, 5.74) is 1.66. The van der Waals surface area contributed by atoms with E-state index in [1.165, 1.54) is 0 Å². The standard InChI is InChI=1S/C13H12O2/c1-10-9-12(15-13(10)14)8-7-11-5-3-2-4-6-11/h2-8,12H,1,9H2/b8-7+. The van der Waals surface area contributed by atoms with Gasteiger partial charge in [0.25, 0.3) is 0 Å². The molecule has 0 bridgehead atoms. The topological polar surface area (TPSA) is 26.3 Å². The number of ether oxygens (including phenoxy) is 1. The van der Waals surface area contributed by atoms with Gasteiger partial charge in [0, 0.05) is 12.0 Å². The number of cyclic esters (lactones) is 1. The Kier molecular flexibility index (Phi) is 2.68. The second-order valence-electron chi connectivity index (χ2n) is 3.52. The predicted octanol–water partition coefficient (Wildman–Crippen LogP) is 2.57. The van der Waals surface area contributed by atoms with Crippen molar-refractivity contribution in [2.45, 2.75) is 12.5 Å². The first-order valence-corrected chi connectivity index (χ1v) is 4.88. The lowest BCUT2D eigenvalue weighted by Gasteiger charge is -2.00. The lowest BCUT2D eigenvalue weighted by Crippen LogP contribution is -2.01. The van der Waals surface area contributed by atoms with Gasteiger partial charge in [0.15, 0.2) is 0 Å². The molecule has 0 aromatic heterocycles. The van der Waals surface area contributed by atoms with E-state index in [9.17, 15) is 4.79 Å². The summed E-state index contributed by atoms with van der Waals surface area (Å²) in [6.45, 7) is 3.63. The van der Waals surface area contributed by atoms with Crippen molar-refractivity contribution in [2.75, 3.05) is 0 Å². The molecular formula is C13H12O2. The van der Waals surface area contributed by atoms with Gasteiger partial charge in [0.05, 0.1) is 0 Å². The normalized spacial score (nSPS) is 20.9. The number of esters is 1. The number of hydrogen-bond donors (Lipinski definition) is 0. The van der Waals surface area contributed by atoms with Gasteiger partial charge in [-0.05, 0) is 11.6 Å². The van der Waals surface area contributed by atoms with E-state index in [-0.39, 0.29) is 12.1 Å². The van der Waals surface area contributed by atoms with Crippen LogP contribution in [0, 0.1) is 0 Å². The molecule has 1 aromatic carbocycles. The van der Waals surface area contributed by atoms with Gasteiger partial charge < -0.3 is 4.74 Å². The van der Waals surface area contributed by atoms with E-state index in [4.69, 9.17) is 4.74 Å². The first-order valence-electron chi connectivity index (χ1n) is 4.88. The van der Waals surface area contributed by atoms with Gasteiger partial charge >= 0.3 is 5.97 Å². The number of hydrogen-bond acceptors (Lipinski definition) is 2. The van der Waals surface area contributed by atoms with Gasteiger partial charge in [-0.25, -0.2) is 4.79 Å². The van der Waals surface area contributed by atoms with Gasteiger partial charge in [-0.2, -0.15) is 0 Å². The van der Waals surface area contributed by atoms with Crippen LogP contribution in [0.5, 0.6) is 0 Å². The van der Waals surface area contributed by atoms with Gasteiger partial charge in [-0.15, -0.1) is 0 Å². The number of carbonyl (C=O) groups is 1. The molecule has 2 rings (SSSR count). The Hall–Kier alpha value is -1.83. The minimum absolute atomic E-state index is 0.148. The zero-order chi connectivity index (χ0) is 10.7. The van der Waals surface area contributed by atoms with Crippen LogP contribution in [0.1, 0.15) is 12.0 Å². The Morgan fingerprint density at radius 2 is 2.07 bits per heavy atom. The maximum atomic E-state index is 11.0. The molecule has 0 radical (unpaired) electrons. The van der Waals surface area contributed by atoms with E-state index >= 15 is 0 Å². The van der Waals surface area contributed by atoms with E-state index < -0.39 is 0 Å². The molecule has 2 nitrogen and oxygen atoms in total. The van der Waals surface area contributed by atoms with Crippen LogP contribution in [0.15, 0.2) is 48.6 Å². The summed E-state index contributed by atoms with van der Waals surface area (Å²) in [4.78, 5) is 11.0. The molecule has 1 heterocycles. The van der Waals surface area contributed by atoms with Crippen LogP contribution in [-0.2, 0) is 9.53 Å². The van der Waals surface area contributed by atoms with Gasteiger partial charge in [0.1, 0.15) is 6.10 Å². The summed E-state index contributed by atoms with van der Waals surface area (Å²) in [6, 6.07) is 9.91. The second kappa shape index (κ2) is 4.13. The summed E-state index contributed by atoms with van der Waals surface area (Å²) in [5, 5.41) is 0. The Bertz CT molecular complexity index is 388. The molecule has 0 spiro atoms. The minimum atomic E-state index is -0.280. The molecular weight excluding hydrogens is 188 g/mol. The first-order chi connectivity index (χ1) is 7.25. The number of rotatable bonds is 2. The molecule has 1 atom stereocenters. The van der Waals surface area contributed by atoms with E-state index in [1.807, 2.05) is 42.5 Å². The molecule has 1 fully saturated rings. The molecule has 1 aromatic rings. The average molecular weight is 200 g/mol. The summed E-state index contributed by atoms with van der Waals surface area (Å²) < 4.78 is 5.07. The summed E-state index contributed by atoms with van der Waals surface area (Å²) >= 11 is 0. The molecule has 1 saturated heterocycles. The molecule has 1 aliphatic rings. The van der Waals surface area contributed by atoms with Gasteiger partial charge in [-0.1, -0.05) is 43.0 Å². The molecule has 0 saturated carbocycles. The summed E-state index contributed by atoms with van der Waals surface area (Å²) in [6.07, 6.45) is 4.30. The van der Waals surface area contributed by atoms with E-state index in [1.54, 1.807) is 0 Å². The molecule has 0 amide bonds. The van der Waals surface area contributed by atoms with Crippen molar-refractivity contribution in [1.29, 1.82) is 0 Å². The van der Waals surface area contributed by atoms with Crippen molar-refractivity contribution in [3.63, 3.8) is 0 Å². The molecule has 76 valence electrons. The highest BCUT2D eigenvalue weighted by Gasteiger charge is 2.24. The molecule has 1 unspecified atom stereocenters. The molecule has 2 heteroatoms. The fraction of sp³-hybridized carbons (Fsp3) is 0.154. The van der Waals surface area contributed by atoms with Crippen LogP contribution in [0.25, 0.3) is 6.08 Å². The van der Waals surface area contributed by atoms with E-state index in [0.717, 1.165) is 5.56 Å². The van der Waals surface area contributed by atoms with Crippen molar-refractivity contribution in [3.05, 3.63) is 54.1 Å². The summed E-state index contributed by atoms with van der Waals surface area (Å²) in [7, 11) is 0. The van der Waals surface area contributed by atoms with Crippen molar-refractivity contribution < 1.29 is 9.53 Å². The smallest absolute Gasteiger partial charge is 0.334 e. The number of carbonyl (C=O) groups excluding carboxylic acids is 1. The van der Waals surface area contributed by atoms with Crippen LogP contribution in [-0.4, -0.2) is 12.1 Å². The third-order valence-corrected chi connectivity index (χ3v) is 2.30. The lowest BCUT2D eigenvalue weighted by atomic mass is 10.1. The third-order valence-electron chi connectivity index (χ3n) is 2.30. The van der Waals surface area contributed by atoms with E-state index in [2.05, 4.69) is 6.58 Å². The zero-order valence-corrected chi connectivity index (χ0v) is 8.35. The predicted molar refractivity (Wildman–Crippen MR) is 59.1 cm³/mol. The first kappa shape index (κ1) is 9.71. The minimum Gasteiger partial charge on any atom is -0.454 e. The molecule has 15 heavy (non-hydrogen) atoms. The highest BCUT2D eigenvalue weighted by Crippen LogP contribution is 2.20. The monoisotopic (exact) mass is 200 g/mol. The highest BCUT2D eigenvalue weighted by molar-refractivity contribution is 5.90. The van der Waals surface area contributed by atoms with Crippen LogP contribution < -0.4 is 0 Å². The SMILES string of the molecule is C=C1CC(/C=C/c2ccccc2)OC1=O. The number of benzene rings is 1. The van der Waals surface area contributed by atoms with Crippen molar-refractivity contribution in [2.24, 2.45) is 0 Å². The molecule has 1 aliphatic heterocycles. The van der Waals surface area contributed by atoms with Gasteiger partial charge in [0.2, 0.25) is 0 Å². The van der Waals surface area contributed by atoms with Crippen molar-refractivity contribution in [3.8, 4) is 0 Å². The largest absolute Gasteiger partial charge is 0.454 e. The fourth-order valence-electron chi connectivity index (χ4n) is 1.48. The highest BCUT2D eigenvalue weighted by atomic mass is 16.5. The molecule has 0 aliphatic carbocycles. The van der Waals surface area contributed by atoms with Gasteiger partial charge in [-0.3, -0.25) is 0 Å². The average Bonchev–Trinajstić information content (AvgIpc) is 2.57. The quantitative estimate of drug-likeness (QED) is 0.541. The Morgan fingerprint density at radius 1 is 1.33 bits per heavy atom. The van der Waals surface area contributed by atoms with E-state index in [0.29, 0.717) is 12.0 Å². The van der Waals surface area contributed by atoms with Crippen LogP contribution in [0.2, 0.25) is 0 Å². The Labute approximate surface area is 88.9 Å². The fourth-order valence-corrected chi connectivity index (χ4v) is 1.48.